The highest BCUT2D eigenvalue weighted by molar-refractivity contribution is 7.99. The molecule has 1 aliphatic carbocycles. The molecule has 0 radical (unpaired) electrons. The molecule has 9 heteroatoms. The summed E-state index contributed by atoms with van der Waals surface area (Å²) in [6.45, 7) is 2.24. The normalized spacial score (nSPS) is 15.6. The van der Waals surface area contributed by atoms with Crippen molar-refractivity contribution in [2.24, 2.45) is 5.92 Å². The molecule has 158 valence electrons. The van der Waals surface area contributed by atoms with E-state index in [2.05, 4.69) is 22.2 Å². The molecule has 2 aromatic heterocycles. The molecule has 3 aromatic rings. The summed E-state index contributed by atoms with van der Waals surface area (Å²) in [5.41, 5.74) is 1.65. The maximum Gasteiger partial charge on any atom is 0.260 e. The van der Waals surface area contributed by atoms with Crippen LogP contribution in [0.5, 0.6) is 11.5 Å². The number of amides is 1. The molecule has 0 spiro atoms. The van der Waals surface area contributed by atoms with E-state index in [-0.39, 0.29) is 17.2 Å². The fourth-order valence-electron chi connectivity index (χ4n) is 3.64. The van der Waals surface area contributed by atoms with Crippen molar-refractivity contribution >= 4 is 44.9 Å². The van der Waals surface area contributed by atoms with Gasteiger partial charge >= 0.3 is 0 Å². The van der Waals surface area contributed by atoms with Crippen molar-refractivity contribution in [3.8, 4) is 11.5 Å². The molecule has 0 saturated carbocycles. The summed E-state index contributed by atoms with van der Waals surface area (Å²) < 4.78 is 10.5. The van der Waals surface area contributed by atoms with Crippen LogP contribution in [0.3, 0.4) is 0 Å². The molecule has 2 heterocycles. The van der Waals surface area contributed by atoms with Crippen LogP contribution >= 0.6 is 23.1 Å². The number of methoxy groups -OCH3 is 2. The number of thioether (sulfide) groups is 1. The Hall–Kier alpha value is -2.52. The standard InChI is InChI=1S/C21H23N3O4S2/c1-11-4-6-13-16(8-11)30-20-18(13)19(26)23-21(24-20)29-10-17(25)22-12-5-7-14(27-2)15(9-12)28-3/h5,7,9,11H,4,6,8,10H2,1-3H3,(H,22,25)(H,23,24,26). The minimum Gasteiger partial charge on any atom is -0.493 e. The number of nitrogens with one attached hydrogen (secondary N) is 2. The van der Waals surface area contributed by atoms with Crippen molar-refractivity contribution in [2.45, 2.75) is 31.3 Å². The molecule has 1 amide bonds. The Bertz CT molecular complexity index is 1160. The number of anilines is 1. The number of nitrogens with zero attached hydrogens (tertiary/aromatic N) is 1. The van der Waals surface area contributed by atoms with Gasteiger partial charge in [0.1, 0.15) is 4.83 Å². The van der Waals surface area contributed by atoms with Crippen molar-refractivity contribution in [1.82, 2.24) is 9.97 Å². The largest absolute Gasteiger partial charge is 0.493 e. The van der Waals surface area contributed by atoms with Crippen LogP contribution in [-0.4, -0.2) is 35.8 Å². The van der Waals surface area contributed by atoms with Gasteiger partial charge in [0.2, 0.25) is 5.91 Å². The van der Waals surface area contributed by atoms with Gasteiger partial charge < -0.3 is 19.8 Å². The first-order valence-corrected chi connectivity index (χ1v) is 11.5. The predicted molar refractivity (Wildman–Crippen MR) is 120 cm³/mol. The smallest absolute Gasteiger partial charge is 0.260 e. The molecule has 7 nitrogen and oxygen atoms in total. The number of carbonyl (C=O) groups is 1. The number of benzene rings is 1. The number of H-pyrrole nitrogens is 1. The number of aryl methyl sites for hydroxylation is 1. The molecule has 2 N–H and O–H groups in total. The fourth-order valence-corrected chi connectivity index (χ4v) is 5.74. The fraction of sp³-hybridized carbons (Fsp3) is 0.381. The van der Waals surface area contributed by atoms with Gasteiger partial charge in [-0.25, -0.2) is 4.98 Å². The molecular weight excluding hydrogens is 422 g/mol. The molecule has 0 saturated heterocycles. The molecule has 30 heavy (non-hydrogen) atoms. The Kier molecular flexibility index (Phi) is 6.01. The van der Waals surface area contributed by atoms with Crippen LogP contribution < -0.4 is 20.3 Å². The lowest BCUT2D eigenvalue weighted by Crippen LogP contribution is -2.16. The number of hydrogen-bond donors (Lipinski definition) is 2. The summed E-state index contributed by atoms with van der Waals surface area (Å²) in [5, 5.41) is 4.01. The first-order valence-electron chi connectivity index (χ1n) is 9.67. The maximum atomic E-state index is 12.7. The van der Waals surface area contributed by atoms with Gasteiger partial charge in [-0.05, 0) is 42.9 Å². The van der Waals surface area contributed by atoms with Gasteiger partial charge in [-0.1, -0.05) is 18.7 Å². The zero-order chi connectivity index (χ0) is 21.3. The van der Waals surface area contributed by atoms with E-state index in [4.69, 9.17) is 9.47 Å². The summed E-state index contributed by atoms with van der Waals surface area (Å²) in [4.78, 5) is 34.5. The van der Waals surface area contributed by atoms with Crippen molar-refractivity contribution in [2.75, 3.05) is 25.3 Å². The monoisotopic (exact) mass is 445 g/mol. The van der Waals surface area contributed by atoms with Crippen molar-refractivity contribution in [1.29, 1.82) is 0 Å². The summed E-state index contributed by atoms with van der Waals surface area (Å²) in [6.07, 6.45) is 3.04. The van der Waals surface area contributed by atoms with Crippen LogP contribution in [0.4, 0.5) is 5.69 Å². The van der Waals surface area contributed by atoms with Crippen LogP contribution in [0.15, 0.2) is 28.2 Å². The van der Waals surface area contributed by atoms with Gasteiger partial charge in [-0.15, -0.1) is 11.3 Å². The van der Waals surface area contributed by atoms with Crippen LogP contribution in [0, 0.1) is 5.92 Å². The zero-order valence-corrected chi connectivity index (χ0v) is 18.7. The Morgan fingerprint density at radius 2 is 2.13 bits per heavy atom. The van der Waals surface area contributed by atoms with Gasteiger partial charge in [-0.3, -0.25) is 9.59 Å². The minimum atomic E-state index is -0.200. The summed E-state index contributed by atoms with van der Waals surface area (Å²) in [7, 11) is 3.10. The molecule has 0 fully saturated rings. The van der Waals surface area contributed by atoms with E-state index in [9.17, 15) is 9.59 Å². The summed E-state index contributed by atoms with van der Waals surface area (Å²) >= 11 is 2.82. The quantitative estimate of drug-likeness (QED) is 0.442. The lowest BCUT2D eigenvalue weighted by atomic mass is 9.89. The van der Waals surface area contributed by atoms with E-state index in [0.717, 1.165) is 35.0 Å². The maximum absolute atomic E-state index is 12.7. The second-order valence-corrected chi connectivity index (χ2v) is 9.36. The molecule has 4 rings (SSSR count). The van der Waals surface area contributed by atoms with Crippen molar-refractivity contribution in [3.63, 3.8) is 0 Å². The zero-order valence-electron chi connectivity index (χ0n) is 17.0. The second-order valence-electron chi connectivity index (χ2n) is 7.31. The Morgan fingerprint density at radius 3 is 2.90 bits per heavy atom. The molecule has 1 atom stereocenters. The average Bonchev–Trinajstić information content (AvgIpc) is 3.09. The van der Waals surface area contributed by atoms with Crippen LogP contribution in [0.25, 0.3) is 10.2 Å². The topological polar surface area (TPSA) is 93.3 Å². The van der Waals surface area contributed by atoms with Gasteiger partial charge in [0.15, 0.2) is 16.7 Å². The van der Waals surface area contributed by atoms with Crippen LogP contribution in [0.2, 0.25) is 0 Å². The lowest BCUT2D eigenvalue weighted by Gasteiger charge is -2.17. The molecular formula is C21H23N3O4S2. The van der Waals surface area contributed by atoms with E-state index < -0.39 is 0 Å². The number of carbonyl (C=O) groups excluding carboxylic acids is 1. The SMILES string of the molecule is COc1ccc(NC(=O)CSc2nc3sc4c(c3c(=O)[nH]2)CCC(C)C4)cc1OC. The average molecular weight is 446 g/mol. The van der Waals surface area contributed by atoms with Crippen LogP contribution in [-0.2, 0) is 17.6 Å². The third-order valence-corrected chi connectivity index (χ3v) is 7.17. The van der Waals surface area contributed by atoms with E-state index in [1.807, 2.05) is 0 Å². The van der Waals surface area contributed by atoms with E-state index in [1.54, 1.807) is 43.8 Å². The molecule has 1 aliphatic rings. The third-order valence-electron chi connectivity index (χ3n) is 5.15. The Morgan fingerprint density at radius 1 is 1.33 bits per heavy atom. The van der Waals surface area contributed by atoms with Gasteiger partial charge in [0, 0.05) is 16.6 Å². The number of aromatic amines is 1. The number of aromatic nitrogens is 2. The van der Waals surface area contributed by atoms with E-state index in [0.29, 0.717) is 28.3 Å². The van der Waals surface area contributed by atoms with Crippen LogP contribution in [0.1, 0.15) is 23.8 Å². The van der Waals surface area contributed by atoms with E-state index >= 15 is 0 Å². The summed E-state index contributed by atoms with van der Waals surface area (Å²) in [5.74, 6) is 1.70. The summed E-state index contributed by atoms with van der Waals surface area (Å²) in [6, 6.07) is 5.17. The second kappa shape index (κ2) is 8.69. The first-order chi connectivity index (χ1) is 14.5. The van der Waals surface area contributed by atoms with Gasteiger partial charge in [-0.2, -0.15) is 0 Å². The van der Waals surface area contributed by atoms with Crippen molar-refractivity contribution in [3.05, 3.63) is 39.0 Å². The highest BCUT2D eigenvalue weighted by Gasteiger charge is 2.23. The Balaban J connectivity index is 1.46. The molecule has 0 aliphatic heterocycles. The van der Waals surface area contributed by atoms with Crippen molar-refractivity contribution < 1.29 is 14.3 Å². The predicted octanol–water partition coefficient (Wildman–Crippen LogP) is 3.86. The first kappa shape index (κ1) is 20.7. The Labute approximate surface area is 182 Å². The number of ether oxygens (including phenoxy) is 2. The lowest BCUT2D eigenvalue weighted by molar-refractivity contribution is -0.113. The molecule has 0 bridgehead atoms. The molecule has 1 aromatic carbocycles. The van der Waals surface area contributed by atoms with Gasteiger partial charge in [0.05, 0.1) is 25.4 Å². The highest BCUT2D eigenvalue weighted by Crippen LogP contribution is 2.36. The van der Waals surface area contributed by atoms with E-state index in [1.165, 1.54) is 16.6 Å². The number of fused-ring (bicyclic) bond motifs is 3. The highest BCUT2D eigenvalue weighted by atomic mass is 32.2. The number of rotatable bonds is 6. The van der Waals surface area contributed by atoms with Gasteiger partial charge in [0.25, 0.3) is 5.56 Å². The minimum absolute atomic E-state index is 0.116. The number of thiophene rings is 1. The number of hydrogen-bond acceptors (Lipinski definition) is 7. The molecule has 1 unspecified atom stereocenters. The third kappa shape index (κ3) is 4.17.